The van der Waals surface area contributed by atoms with E-state index in [4.69, 9.17) is 19.6 Å². The number of carbonyl (C=O) groups excluding carboxylic acids is 1. The minimum atomic E-state index is -4.95. The molecule has 0 saturated carbocycles. The molecule has 0 aliphatic rings. The van der Waals surface area contributed by atoms with E-state index in [0.717, 1.165) is 0 Å². The number of hydrogen-bond acceptors (Lipinski definition) is 8. The zero-order valence-corrected chi connectivity index (χ0v) is 12.0. The largest absolute Gasteiger partial charge is 0.470 e. The molecule has 0 heterocycles. The molecule has 0 aromatic rings. The van der Waals surface area contributed by atoms with E-state index < -0.39 is 53.0 Å². The summed E-state index contributed by atoms with van der Waals surface area (Å²) in [6.45, 7) is -2.33. The highest BCUT2D eigenvalue weighted by molar-refractivity contribution is 7.46. The molecule has 15 heteroatoms. The van der Waals surface area contributed by atoms with E-state index >= 15 is 0 Å². The molecule has 0 aliphatic heterocycles. The monoisotopic (exact) mass is 358 g/mol. The van der Waals surface area contributed by atoms with E-state index in [9.17, 15) is 29.2 Å². The van der Waals surface area contributed by atoms with Gasteiger partial charge >= 0.3 is 15.6 Å². The Balaban J connectivity index is 0. The maximum absolute atomic E-state index is 11.2. The van der Waals surface area contributed by atoms with Crippen molar-refractivity contribution in [2.24, 2.45) is 0 Å². The number of phosphoric acid groups is 2. The van der Waals surface area contributed by atoms with E-state index in [1.165, 1.54) is 0 Å². The highest BCUT2D eigenvalue weighted by Gasteiger charge is 2.32. The molecule has 0 saturated heterocycles. The first kappa shape index (κ1) is 23.0. The zero-order valence-electron chi connectivity index (χ0n) is 10.2. The first-order valence-electron chi connectivity index (χ1n) is 4.80. The van der Waals surface area contributed by atoms with E-state index in [1.54, 1.807) is 0 Å². The van der Waals surface area contributed by atoms with Gasteiger partial charge in [-0.1, -0.05) is 0 Å². The molecule has 0 aromatic carbocycles. The van der Waals surface area contributed by atoms with Crippen LogP contribution in [0.4, 0.5) is 0 Å². The number of aliphatic hydroxyl groups is 3. The van der Waals surface area contributed by atoms with Gasteiger partial charge in [-0.25, -0.2) is 9.13 Å². The molecule has 128 valence electrons. The van der Waals surface area contributed by atoms with Gasteiger partial charge in [0.25, 0.3) is 0 Å². The summed E-state index contributed by atoms with van der Waals surface area (Å²) < 4.78 is 28.2. The Kier molecular flexibility index (Phi) is 9.86. The predicted octanol–water partition coefficient (Wildman–Crippen LogP) is -3.97. The number of rotatable bonds is 9. The lowest BCUT2D eigenvalue weighted by Gasteiger charge is -2.22. The van der Waals surface area contributed by atoms with E-state index in [1.807, 2.05) is 0 Å². The molecule has 0 amide bonds. The molecular formula is C6H16O13P2. The summed E-state index contributed by atoms with van der Waals surface area (Å²) in [6.07, 6.45) is -6.53. The van der Waals surface area contributed by atoms with Gasteiger partial charge in [-0.15, -0.1) is 0 Å². The number of ketones is 1. The van der Waals surface area contributed by atoms with E-state index in [2.05, 4.69) is 9.05 Å². The van der Waals surface area contributed by atoms with Crippen LogP contribution in [0.1, 0.15) is 0 Å². The predicted molar refractivity (Wildman–Crippen MR) is 62.6 cm³/mol. The molecule has 0 aromatic heterocycles. The van der Waals surface area contributed by atoms with Gasteiger partial charge in [0.15, 0.2) is 5.78 Å². The Hall–Kier alpha value is -0.270. The topological polar surface area (TPSA) is 243 Å². The van der Waals surface area contributed by atoms with Crippen LogP contribution >= 0.6 is 15.6 Å². The summed E-state index contributed by atoms with van der Waals surface area (Å²) >= 11 is 0. The van der Waals surface area contributed by atoms with Gasteiger partial charge in [-0.2, -0.15) is 0 Å². The Morgan fingerprint density at radius 3 is 1.76 bits per heavy atom. The highest BCUT2D eigenvalue weighted by atomic mass is 31.2. The van der Waals surface area contributed by atoms with Crippen LogP contribution in [-0.2, 0) is 23.0 Å². The summed E-state index contributed by atoms with van der Waals surface area (Å²) in [5.74, 6) is -1.36. The molecule has 13 nitrogen and oxygen atoms in total. The Bertz CT molecular complexity index is 411. The Morgan fingerprint density at radius 1 is 0.952 bits per heavy atom. The summed E-state index contributed by atoms with van der Waals surface area (Å²) in [7, 11) is -9.87. The first-order chi connectivity index (χ1) is 8.83. The van der Waals surface area contributed by atoms with Gasteiger partial charge in [0, 0.05) is 0 Å². The quantitative estimate of drug-likeness (QED) is 0.195. The molecule has 21 heavy (non-hydrogen) atoms. The number of Topliss-reactive ketones (excluding diaryl/α,β-unsaturated/α-hetero) is 1. The van der Waals surface area contributed by atoms with Crippen LogP contribution in [0.25, 0.3) is 0 Å². The molecule has 0 unspecified atom stereocenters. The first-order valence-corrected chi connectivity index (χ1v) is 7.86. The number of carbonyl (C=O) groups is 1. The fraction of sp³-hybridized carbons (Fsp3) is 0.833. The lowest BCUT2D eigenvalue weighted by molar-refractivity contribution is -0.142. The maximum atomic E-state index is 11.2. The van der Waals surface area contributed by atoms with Crippen LogP contribution in [0.2, 0.25) is 0 Å². The zero-order chi connectivity index (χ0) is 16.1. The minimum Gasteiger partial charge on any atom is -0.412 e. The van der Waals surface area contributed by atoms with Crippen molar-refractivity contribution in [2.75, 3.05) is 13.2 Å². The number of phosphoric ester groups is 2. The molecule has 0 fully saturated rings. The lowest BCUT2D eigenvalue weighted by Crippen LogP contribution is -2.45. The average molecular weight is 358 g/mol. The summed E-state index contributed by atoms with van der Waals surface area (Å²) in [5.41, 5.74) is 0. The number of aliphatic hydroxyl groups excluding tert-OH is 3. The summed E-state index contributed by atoms with van der Waals surface area (Å²) in [5, 5.41) is 27.7. The fourth-order valence-electron chi connectivity index (χ4n) is 0.906. The molecule has 0 aliphatic carbocycles. The normalized spacial score (nSPS) is 16.7. The van der Waals surface area contributed by atoms with Crippen LogP contribution in [0.5, 0.6) is 0 Å². The van der Waals surface area contributed by atoms with Gasteiger partial charge in [-0.3, -0.25) is 13.8 Å². The van der Waals surface area contributed by atoms with Crippen molar-refractivity contribution >= 4 is 21.4 Å². The van der Waals surface area contributed by atoms with Gasteiger partial charge in [0.05, 0.1) is 6.61 Å². The third kappa shape index (κ3) is 11.0. The van der Waals surface area contributed by atoms with Gasteiger partial charge in [-0.05, 0) is 0 Å². The smallest absolute Gasteiger partial charge is 0.412 e. The van der Waals surface area contributed by atoms with E-state index in [0.29, 0.717) is 0 Å². The average Bonchev–Trinajstić information content (AvgIpc) is 2.29. The van der Waals surface area contributed by atoms with Crippen LogP contribution in [0.15, 0.2) is 0 Å². The third-order valence-electron chi connectivity index (χ3n) is 1.84. The molecule has 0 rings (SSSR count). The molecule has 3 atom stereocenters. The number of hydrogen-bond donors (Lipinski definition) is 7. The third-order valence-corrected chi connectivity index (χ3v) is 2.79. The molecule has 0 radical (unpaired) electrons. The van der Waals surface area contributed by atoms with Crippen molar-refractivity contribution in [2.45, 2.75) is 18.3 Å². The van der Waals surface area contributed by atoms with Crippen molar-refractivity contribution < 1.29 is 63.3 Å². The Labute approximate surface area is 117 Å². The molecule has 0 spiro atoms. The van der Waals surface area contributed by atoms with Crippen molar-refractivity contribution in [3.63, 3.8) is 0 Å². The minimum absolute atomic E-state index is 0. The van der Waals surface area contributed by atoms with Crippen molar-refractivity contribution in [3.8, 4) is 0 Å². The lowest BCUT2D eigenvalue weighted by atomic mass is 10.1. The standard InChI is InChI=1S/C6H14O12P2.H2O/c7-3(1-17-19(11,12)13)5(9)6(10)4(8)2-18-20(14,15)16;/h3,5-7,9-10H,1-2H2,(H2,11,12,13)(H2,14,15,16);1H2/t3-,5-,6-;/m1./s1. The summed E-state index contributed by atoms with van der Waals surface area (Å²) in [4.78, 5) is 44.4. The second-order valence-corrected chi connectivity index (χ2v) is 6.00. The van der Waals surface area contributed by atoms with Gasteiger partial charge in [0.2, 0.25) is 0 Å². The van der Waals surface area contributed by atoms with Crippen molar-refractivity contribution in [1.82, 2.24) is 0 Å². The Morgan fingerprint density at radius 2 is 1.38 bits per heavy atom. The van der Waals surface area contributed by atoms with Crippen LogP contribution < -0.4 is 0 Å². The van der Waals surface area contributed by atoms with E-state index in [-0.39, 0.29) is 5.48 Å². The second kappa shape index (κ2) is 9.00. The molecular weight excluding hydrogens is 342 g/mol. The van der Waals surface area contributed by atoms with Gasteiger partial charge in [0.1, 0.15) is 24.9 Å². The van der Waals surface area contributed by atoms with Crippen molar-refractivity contribution in [1.29, 1.82) is 0 Å². The molecule has 9 N–H and O–H groups in total. The second-order valence-electron chi connectivity index (χ2n) is 3.52. The van der Waals surface area contributed by atoms with Gasteiger partial charge < -0.3 is 40.4 Å². The maximum Gasteiger partial charge on any atom is 0.470 e. The van der Waals surface area contributed by atoms with Crippen LogP contribution in [-0.4, -0.2) is 77.7 Å². The molecule has 0 bridgehead atoms. The highest BCUT2D eigenvalue weighted by Crippen LogP contribution is 2.36. The fourth-order valence-corrected chi connectivity index (χ4v) is 1.55. The van der Waals surface area contributed by atoms with Crippen LogP contribution in [0.3, 0.4) is 0 Å². The summed E-state index contributed by atoms with van der Waals surface area (Å²) in [6, 6.07) is 0. The SMILES string of the molecule is O.O=C(COP(=O)(O)O)[C@@H](O)[C@H](O)[C@H](O)COP(=O)(O)O. The van der Waals surface area contributed by atoms with Crippen LogP contribution in [0, 0.1) is 0 Å². The van der Waals surface area contributed by atoms with Crippen molar-refractivity contribution in [3.05, 3.63) is 0 Å².